The molecule has 1 nitrogen and oxygen atoms in total. The number of benzene rings is 1. The second kappa shape index (κ2) is 6.65. The van der Waals surface area contributed by atoms with Crippen molar-refractivity contribution in [2.45, 2.75) is 0 Å². The van der Waals surface area contributed by atoms with Crippen molar-refractivity contribution in [1.29, 1.82) is 0 Å². The van der Waals surface area contributed by atoms with E-state index in [2.05, 4.69) is 0 Å². The molecule has 1 aromatic carbocycles. The zero-order valence-electron chi connectivity index (χ0n) is 8.16. The summed E-state index contributed by atoms with van der Waals surface area (Å²) in [5, 5.41) is 0. The molecule has 0 heterocycles. The van der Waals surface area contributed by atoms with E-state index in [-0.39, 0.29) is 51.4 Å². The van der Waals surface area contributed by atoms with Gasteiger partial charge in [0.05, 0.1) is 5.68 Å². The van der Waals surface area contributed by atoms with Crippen molar-refractivity contribution < 1.29 is 69.1 Å². The summed E-state index contributed by atoms with van der Waals surface area (Å²) in [7, 11) is 0. The molecule has 15 heavy (non-hydrogen) atoms. The van der Waals surface area contributed by atoms with Crippen LogP contribution in [0.5, 0.6) is 0 Å². The predicted molar refractivity (Wildman–Crippen MR) is 49.6 cm³/mol. The Bertz CT molecular complexity index is 348. The minimum Gasteiger partial charge on any atom is -0.443 e. The van der Waals surface area contributed by atoms with Crippen molar-refractivity contribution in [1.82, 2.24) is 0 Å². The Balaban J connectivity index is 0.00000196. The van der Waals surface area contributed by atoms with E-state index in [0.717, 1.165) is 6.08 Å². The van der Waals surface area contributed by atoms with Crippen molar-refractivity contribution >= 4 is 18.7 Å². The molecule has 0 amide bonds. The van der Waals surface area contributed by atoms with Crippen LogP contribution in [0.4, 0.5) is 12.9 Å². The summed E-state index contributed by atoms with van der Waals surface area (Å²) >= 11 is 0. The Hall–Kier alpha value is 0.121. The van der Waals surface area contributed by atoms with E-state index in [9.17, 15) is 17.7 Å². The Morgan fingerprint density at radius 1 is 1.13 bits per heavy atom. The molecule has 0 bridgehead atoms. The molecule has 0 N–H and O–H groups in total. The number of rotatable bonds is 3. The van der Waals surface area contributed by atoms with Gasteiger partial charge in [0, 0.05) is 0 Å². The third-order valence-corrected chi connectivity index (χ3v) is 1.56. The quantitative estimate of drug-likeness (QED) is 0.520. The largest absolute Gasteiger partial charge is 1.00 e. The van der Waals surface area contributed by atoms with Crippen molar-refractivity contribution in [2.24, 2.45) is 0 Å². The zero-order chi connectivity index (χ0) is 10.6. The van der Waals surface area contributed by atoms with Crippen LogP contribution in [0.3, 0.4) is 0 Å². The standard InChI is InChI=1S/C9H7BF3O.K/c11-10(12,13)9(14)7-6-8-4-2-1-3-5-8;/h1-7H;/q-1;+1/b7-6+;. The number of halogens is 3. The fourth-order valence-electron chi connectivity index (χ4n) is 0.852. The Labute approximate surface area is 128 Å². The SMILES string of the molecule is O=C(/C=C/c1ccccc1)[B-](F)(F)F.[K+]. The van der Waals surface area contributed by atoms with E-state index in [1.54, 1.807) is 30.3 Å². The molecular formula is C9H7BF3KO. The first-order chi connectivity index (χ1) is 6.50. The molecule has 0 radical (unpaired) electrons. The van der Waals surface area contributed by atoms with E-state index in [1.807, 2.05) is 0 Å². The average molecular weight is 238 g/mol. The summed E-state index contributed by atoms with van der Waals surface area (Å²) in [6.07, 6.45) is 1.70. The molecule has 74 valence electrons. The third kappa shape index (κ3) is 5.67. The summed E-state index contributed by atoms with van der Waals surface area (Å²) in [6.45, 7) is -5.40. The molecular weight excluding hydrogens is 231 g/mol. The van der Waals surface area contributed by atoms with E-state index < -0.39 is 12.7 Å². The summed E-state index contributed by atoms with van der Waals surface area (Å²) in [5.74, 6) is 0. The first-order valence-corrected chi connectivity index (χ1v) is 3.97. The molecule has 0 aliphatic rings. The monoisotopic (exact) mass is 238 g/mol. The fraction of sp³-hybridized carbons (Fsp3) is 0. The minimum atomic E-state index is -5.40. The number of hydrogen-bond donors (Lipinski definition) is 0. The molecule has 6 heteroatoms. The maximum absolute atomic E-state index is 11.8. The minimum absolute atomic E-state index is 0. The number of hydrogen-bond acceptors (Lipinski definition) is 1. The third-order valence-electron chi connectivity index (χ3n) is 1.56. The van der Waals surface area contributed by atoms with Gasteiger partial charge < -0.3 is 17.7 Å². The number of carbonyl (C=O) groups excluding carboxylic acids is 1. The van der Waals surface area contributed by atoms with Crippen LogP contribution < -0.4 is 51.4 Å². The Morgan fingerprint density at radius 3 is 2.13 bits per heavy atom. The molecule has 0 saturated heterocycles. The smallest absolute Gasteiger partial charge is 0.443 e. The van der Waals surface area contributed by atoms with Gasteiger partial charge in [-0.25, -0.2) is 0 Å². The zero-order valence-corrected chi connectivity index (χ0v) is 11.3. The van der Waals surface area contributed by atoms with Crippen molar-refractivity contribution in [3.63, 3.8) is 0 Å². The first-order valence-electron chi connectivity index (χ1n) is 3.97. The van der Waals surface area contributed by atoms with E-state index in [0.29, 0.717) is 11.6 Å². The molecule has 0 aliphatic heterocycles. The maximum atomic E-state index is 11.8. The number of allylic oxidation sites excluding steroid dienone is 1. The molecule has 0 aliphatic carbocycles. The maximum Gasteiger partial charge on any atom is 1.00 e. The van der Waals surface area contributed by atoms with E-state index in [1.165, 1.54) is 0 Å². The van der Waals surface area contributed by atoms with Crippen molar-refractivity contribution in [2.75, 3.05) is 0 Å². The average Bonchev–Trinajstić information content (AvgIpc) is 2.14. The van der Waals surface area contributed by atoms with Crippen LogP contribution in [-0.4, -0.2) is 12.7 Å². The second-order valence-corrected chi connectivity index (χ2v) is 2.72. The number of carbonyl (C=O) groups is 1. The van der Waals surface area contributed by atoms with Gasteiger partial charge in [-0.1, -0.05) is 36.4 Å². The summed E-state index contributed by atoms with van der Waals surface area (Å²) in [6, 6.07) is 8.35. The van der Waals surface area contributed by atoms with Gasteiger partial charge >= 0.3 is 58.4 Å². The van der Waals surface area contributed by atoms with Gasteiger partial charge in [-0.05, 0) is 11.6 Å². The van der Waals surface area contributed by atoms with Crippen LogP contribution in [0.2, 0.25) is 0 Å². The fourth-order valence-corrected chi connectivity index (χ4v) is 0.852. The van der Waals surface area contributed by atoms with Crippen molar-refractivity contribution in [3.8, 4) is 0 Å². The predicted octanol–water partition coefficient (Wildman–Crippen LogP) is -0.340. The van der Waals surface area contributed by atoms with Crippen LogP contribution >= 0.6 is 0 Å². The summed E-state index contributed by atoms with van der Waals surface area (Å²) in [4.78, 5) is 10.5. The van der Waals surface area contributed by atoms with Crippen LogP contribution in [0.1, 0.15) is 5.56 Å². The van der Waals surface area contributed by atoms with Crippen LogP contribution in [0.25, 0.3) is 6.08 Å². The van der Waals surface area contributed by atoms with Crippen LogP contribution in [-0.2, 0) is 4.79 Å². The van der Waals surface area contributed by atoms with Gasteiger partial charge in [-0.2, -0.15) is 0 Å². The Kier molecular flexibility index (Phi) is 6.70. The molecule has 0 aromatic heterocycles. The van der Waals surface area contributed by atoms with Gasteiger partial charge in [0.25, 0.3) is 0 Å². The molecule has 0 fully saturated rings. The van der Waals surface area contributed by atoms with Gasteiger partial charge in [-0.15, -0.1) is 0 Å². The molecule has 1 aromatic rings. The molecule has 1 rings (SSSR count). The summed E-state index contributed by atoms with van der Waals surface area (Å²) in [5.41, 5.74) is -1.21. The normalized spacial score (nSPS) is 11.1. The molecule has 0 unspecified atom stereocenters. The van der Waals surface area contributed by atoms with Gasteiger partial charge in [0.2, 0.25) is 0 Å². The van der Waals surface area contributed by atoms with Crippen molar-refractivity contribution in [3.05, 3.63) is 42.0 Å². The van der Waals surface area contributed by atoms with E-state index >= 15 is 0 Å². The van der Waals surface area contributed by atoms with Gasteiger partial charge in [0.1, 0.15) is 0 Å². The first kappa shape index (κ1) is 15.1. The van der Waals surface area contributed by atoms with Crippen LogP contribution in [0.15, 0.2) is 36.4 Å². The topological polar surface area (TPSA) is 17.1 Å². The van der Waals surface area contributed by atoms with Gasteiger partial charge in [0.15, 0.2) is 0 Å². The van der Waals surface area contributed by atoms with Gasteiger partial charge in [-0.3, -0.25) is 0 Å². The summed E-state index contributed by atoms with van der Waals surface area (Å²) < 4.78 is 35.4. The molecule has 0 atom stereocenters. The van der Waals surface area contributed by atoms with E-state index in [4.69, 9.17) is 0 Å². The molecule has 0 saturated carbocycles. The Morgan fingerprint density at radius 2 is 1.67 bits per heavy atom. The molecule has 0 spiro atoms. The van der Waals surface area contributed by atoms with Crippen LogP contribution in [0, 0.1) is 0 Å². The second-order valence-electron chi connectivity index (χ2n) is 2.72.